The molecule has 2 fully saturated rings. The van der Waals surface area contributed by atoms with E-state index in [1.54, 1.807) is 6.07 Å². The van der Waals surface area contributed by atoms with Gasteiger partial charge in [-0.3, -0.25) is 0 Å². The molecule has 2 aliphatic heterocycles. The highest BCUT2D eigenvalue weighted by atomic mass is 79.9. The highest BCUT2D eigenvalue weighted by Crippen LogP contribution is 2.42. The Kier molecular flexibility index (Phi) is 3.32. The second-order valence-corrected chi connectivity index (χ2v) is 6.20. The van der Waals surface area contributed by atoms with Crippen molar-refractivity contribution in [3.8, 4) is 0 Å². The summed E-state index contributed by atoms with van der Waals surface area (Å²) in [5.74, 6) is -0.150. The number of piperidine rings is 1. The zero-order valence-corrected chi connectivity index (χ0v) is 12.1. The summed E-state index contributed by atoms with van der Waals surface area (Å²) in [6, 6.07) is 6.71. The van der Waals surface area contributed by atoms with Gasteiger partial charge in [0.1, 0.15) is 5.82 Å². The molecular weight excluding hydrogens is 295 g/mol. The third-order valence-corrected chi connectivity index (χ3v) is 5.00. The molecule has 4 heteroatoms. The summed E-state index contributed by atoms with van der Waals surface area (Å²) in [6.07, 6.45) is 4.78. The van der Waals surface area contributed by atoms with Gasteiger partial charge in [-0.05, 0) is 66.9 Å². The quantitative estimate of drug-likeness (QED) is 0.901. The highest BCUT2D eigenvalue weighted by molar-refractivity contribution is 9.10. The summed E-state index contributed by atoms with van der Waals surface area (Å²) in [4.78, 5) is 2.43. The molecule has 2 atom stereocenters. The number of anilines is 1. The van der Waals surface area contributed by atoms with Gasteiger partial charge in [0.25, 0.3) is 0 Å². The van der Waals surface area contributed by atoms with E-state index < -0.39 is 0 Å². The Morgan fingerprint density at radius 1 is 1.28 bits per heavy atom. The van der Waals surface area contributed by atoms with E-state index in [0.717, 1.165) is 23.0 Å². The Labute approximate surface area is 116 Å². The summed E-state index contributed by atoms with van der Waals surface area (Å²) in [5.41, 5.74) is 1.03. The average Bonchev–Trinajstić information content (AvgIpc) is 2.63. The van der Waals surface area contributed by atoms with Crippen LogP contribution in [-0.2, 0) is 0 Å². The number of hydrogen-bond acceptors (Lipinski definition) is 2. The fourth-order valence-corrected chi connectivity index (χ4v) is 3.94. The smallest absolute Gasteiger partial charge is 0.125 e. The number of halogens is 2. The van der Waals surface area contributed by atoms with Crippen LogP contribution in [0, 0.1) is 5.82 Å². The molecule has 0 saturated carbocycles. The van der Waals surface area contributed by atoms with Crippen molar-refractivity contribution in [3.63, 3.8) is 0 Å². The highest BCUT2D eigenvalue weighted by Gasteiger charge is 2.40. The lowest BCUT2D eigenvalue weighted by molar-refractivity contribution is 0.373. The number of nitrogens with zero attached hydrogens (tertiary/aromatic N) is 1. The first kappa shape index (κ1) is 12.4. The molecule has 1 N–H and O–H groups in total. The van der Waals surface area contributed by atoms with Crippen LogP contribution in [0.1, 0.15) is 25.7 Å². The number of rotatable bonds is 2. The molecule has 0 radical (unpaired) electrons. The fourth-order valence-electron chi connectivity index (χ4n) is 3.49. The summed E-state index contributed by atoms with van der Waals surface area (Å²) < 4.78 is 14.5. The van der Waals surface area contributed by atoms with Crippen LogP contribution < -0.4 is 10.2 Å². The first-order chi connectivity index (χ1) is 8.69. The van der Waals surface area contributed by atoms with E-state index in [-0.39, 0.29) is 5.82 Å². The first-order valence-corrected chi connectivity index (χ1v) is 7.39. The molecule has 2 aliphatic rings. The molecule has 0 aliphatic carbocycles. The minimum absolute atomic E-state index is 0.150. The molecule has 18 heavy (non-hydrogen) atoms. The number of hydrogen-bond donors (Lipinski definition) is 1. The summed E-state index contributed by atoms with van der Waals surface area (Å²) in [6.45, 7) is 0. The van der Waals surface area contributed by atoms with Crippen LogP contribution in [0.5, 0.6) is 0 Å². The maximum Gasteiger partial charge on any atom is 0.125 e. The van der Waals surface area contributed by atoms with Gasteiger partial charge in [0.05, 0.1) is 5.69 Å². The lowest BCUT2D eigenvalue weighted by Crippen LogP contribution is -2.48. The zero-order valence-electron chi connectivity index (χ0n) is 10.5. The van der Waals surface area contributed by atoms with Gasteiger partial charge in [-0.1, -0.05) is 0 Å². The number of nitrogens with one attached hydrogen (secondary N) is 1. The molecule has 2 nitrogen and oxygen atoms in total. The predicted molar refractivity (Wildman–Crippen MR) is 75.5 cm³/mol. The Hall–Kier alpha value is -0.610. The number of benzene rings is 1. The van der Waals surface area contributed by atoms with E-state index >= 15 is 0 Å². The fraction of sp³-hybridized carbons (Fsp3) is 0.571. The predicted octanol–water partition coefficient (Wildman–Crippen LogP) is 3.31. The average molecular weight is 313 g/mol. The van der Waals surface area contributed by atoms with E-state index in [2.05, 4.69) is 26.1 Å². The summed E-state index contributed by atoms with van der Waals surface area (Å²) >= 11 is 3.56. The molecule has 98 valence electrons. The van der Waals surface area contributed by atoms with E-state index in [9.17, 15) is 4.39 Å². The Bertz CT molecular complexity index is 437. The maximum absolute atomic E-state index is 13.5. The standard InChI is InChI=1S/C14H18BrFN2/c1-17-10-7-11-3-4-12(8-10)18(11)14-6-9(16)2-5-13(14)15/h2,5-6,10-12,17H,3-4,7-8H2,1H3. The summed E-state index contributed by atoms with van der Waals surface area (Å²) in [7, 11) is 2.04. The molecule has 0 aromatic heterocycles. The van der Waals surface area contributed by atoms with Crippen molar-refractivity contribution in [2.45, 2.75) is 43.8 Å². The lowest BCUT2D eigenvalue weighted by atomic mass is 9.97. The molecule has 0 amide bonds. The van der Waals surface area contributed by atoms with Crippen LogP contribution in [0.4, 0.5) is 10.1 Å². The van der Waals surface area contributed by atoms with Crippen LogP contribution in [0.3, 0.4) is 0 Å². The largest absolute Gasteiger partial charge is 0.364 e. The molecule has 0 spiro atoms. The van der Waals surface area contributed by atoms with Crippen molar-refractivity contribution >= 4 is 21.6 Å². The number of fused-ring (bicyclic) bond motifs is 2. The molecule has 2 heterocycles. The third-order valence-electron chi connectivity index (χ3n) is 4.33. The van der Waals surface area contributed by atoms with Gasteiger partial charge in [0.15, 0.2) is 0 Å². The SMILES string of the molecule is CNC1CC2CCC(C1)N2c1cc(F)ccc1Br. The van der Waals surface area contributed by atoms with Crippen molar-refractivity contribution in [2.75, 3.05) is 11.9 Å². The summed E-state index contributed by atoms with van der Waals surface area (Å²) in [5, 5.41) is 3.39. The van der Waals surface area contributed by atoms with Gasteiger partial charge in [0.2, 0.25) is 0 Å². The van der Waals surface area contributed by atoms with Crippen LogP contribution in [-0.4, -0.2) is 25.2 Å². The van der Waals surface area contributed by atoms with Gasteiger partial charge in [-0.15, -0.1) is 0 Å². The topological polar surface area (TPSA) is 15.3 Å². The Morgan fingerprint density at radius 2 is 1.94 bits per heavy atom. The van der Waals surface area contributed by atoms with Gasteiger partial charge < -0.3 is 10.2 Å². The third kappa shape index (κ3) is 2.05. The van der Waals surface area contributed by atoms with E-state index in [1.165, 1.54) is 18.9 Å². The zero-order chi connectivity index (χ0) is 12.7. The molecule has 2 bridgehead atoms. The van der Waals surface area contributed by atoms with E-state index in [0.29, 0.717) is 18.1 Å². The van der Waals surface area contributed by atoms with Crippen molar-refractivity contribution in [2.24, 2.45) is 0 Å². The van der Waals surface area contributed by atoms with E-state index in [4.69, 9.17) is 0 Å². The molecular formula is C14H18BrFN2. The normalized spacial score (nSPS) is 30.8. The van der Waals surface area contributed by atoms with Crippen molar-refractivity contribution in [3.05, 3.63) is 28.5 Å². The van der Waals surface area contributed by atoms with Gasteiger partial charge in [-0.25, -0.2) is 4.39 Å². The molecule has 1 aromatic carbocycles. The minimum atomic E-state index is -0.150. The van der Waals surface area contributed by atoms with Gasteiger partial charge >= 0.3 is 0 Å². The van der Waals surface area contributed by atoms with Crippen molar-refractivity contribution in [1.82, 2.24) is 5.32 Å². The van der Waals surface area contributed by atoms with Gasteiger partial charge in [0, 0.05) is 22.6 Å². The Balaban J connectivity index is 1.91. The monoisotopic (exact) mass is 312 g/mol. The van der Waals surface area contributed by atoms with Crippen LogP contribution >= 0.6 is 15.9 Å². The van der Waals surface area contributed by atoms with Crippen LogP contribution in [0.2, 0.25) is 0 Å². The molecule has 1 aromatic rings. The first-order valence-electron chi connectivity index (χ1n) is 6.59. The van der Waals surface area contributed by atoms with Crippen LogP contribution in [0.15, 0.2) is 22.7 Å². The van der Waals surface area contributed by atoms with Crippen molar-refractivity contribution < 1.29 is 4.39 Å². The van der Waals surface area contributed by atoms with Crippen LogP contribution in [0.25, 0.3) is 0 Å². The maximum atomic E-state index is 13.5. The van der Waals surface area contributed by atoms with Gasteiger partial charge in [-0.2, -0.15) is 0 Å². The second-order valence-electron chi connectivity index (χ2n) is 5.35. The van der Waals surface area contributed by atoms with E-state index in [1.807, 2.05) is 13.1 Å². The Morgan fingerprint density at radius 3 is 2.56 bits per heavy atom. The molecule has 2 unspecified atom stereocenters. The molecule has 3 rings (SSSR count). The second kappa shape index (κ2) is 4.82. The lowest BCUT2D eigenvalue weighted by Gasteiger charge is -2.41. The molecule has 2 saturated heterocycles. The van der Waals surface area contributed by atoms with Crippen molar-refractivity contribution in [1.29, 1.82) is 0 Å². The minimum Gasteiger partial charge on any atom is -0.364 e.